The van der Waals surface area contributed by atoms with E-state index in [9.17, 15) is 23.1 Å². The number of nitrogens with one attached hydrogen (secondary N) is 1. The zero-order valence-electron chi connectivity index (χ0n) is 21.4. The van der Waals surface area contributed by atoms with Crippen molar-refractivity contribution in [2.75, 3.05) is 6.54 Å². The highest BCUT2D eigenvalue weighted by atomic mass is 35.5. The molecule has 2 aromatic rings. The number of nitrogens with zero attached hydrogens (tertiary/aromatic N) is 1. The van der Waals surface area contributed by atoms with E-state index in [0.29, 0.717) is 35.7 Å². The highest BCUT2D eigenvalue weighted by Crippen LogP contribution is 2.65. The summed E-state index contributed by atoms with van der Waals surface area (Å²) in [4.78, 5) is 28.1. The van der Waals surface area contributed by atoms with Gasteiger partial charge in [-0.2, -0.15) is 0 Å². The highest BCUT2D eigenvalue weighted by Gasteiger charge is 2.69. The quantitative estimate of drug-likeness (QED) is 0.415. The number of amides is 1. The summed E-state index contributed by atoms with van der Waals surface area (Å²) in [6.07, 6.45) is 2.34. The number of piperidine rings is 1. The summed E-state index contributed by atoms with van der Waals surface area (Å²) in [6, 6.07) is 13.8. The molecule has 1 unspecified atom stereocenters. The molecule has 2 aliphatic carbocycles. The van der Waals surface area contributed by atoms with Gasteiger partial charge in [0.15, 0.2) is 0 Å². The molecule has 0 radical (unpaired) electrons. The second-order valence-corrected chi connectivity index (χ2v) is 14.3. The van der Waals surface area contributed by atoms with E-state index in [1.165, 1.54) is 0 Å². The van der Waals surface area contributed by atoms with E-state index >= 15 is 0 Å². The number of carbonyl (C=O) groups is 2. The lowest BCUT2D eigenvalue weighted by molar-refractivity contribution is -0.153. The zero-order valence-corrected chi connectivity index (χ0v) is 23.7. The second-order valence-electron chi connectivity index (χ2n) is 11.2. The molecule has 0 aromatic heterocycles. The Balaban J connectivity index is 1.60. The molecule has 2 saturated carbocycles. The van der Waals surface area contributed by atoms with Crippen molar-refractivity contribution in [2.24, 2.45) is 11.3 Å². The number of halogens is 2. The Labute approximate surface area is 233 Å². The van der Waals surface area contributed by atoms with Crippen LogP contribution in [-0.4, -0.2) is 47.6 Å². The minimum absolute atomic E-state index is 0.0559. The van der Waals surface area contributed by atoms with Gasteiger partial charge in [-0.05, 0) is 74.4 Å². The van der Waals surface area contributed by atoms with Crippen molar-refractivity contribution in [1.29, 1.82) is 0 Å². The Kier molecular flexibility index (Phi) is 7.08. The van der Waals surface area contributed by atoms with E-state index in [1.54, 1.807) is 30.0 Å². The van der Waals surface area contributed by atoms with E-state index in [-0.39, 0.29) is 24.8 Å². The van der Waals surface area contributed by atoms with Crippen LogP contribution in [0.25, 0.3) is 0 Å². The molecule has 7 nitrogen and oxygen atoms in total. The van der Waals surface area contributed by atoms with Crippen LogP contribution in [-0.2, 0) is 19.6 Å². The fourth-order valence-corrected chi connectivity index (χ4v) is 7.73. The second kappa shape index (κ2) is 9.81. The number of likely N-dealkylation sites (tertiary alicyclic amines) is 1. The monoisotopic (exact) mass is 578 g/mol. The van der Waals surface area contributed by atoms with Crippen molar-refractivity contribution in [3.63, 3.8) is 0 Å². The minimum atomic E-state index is -3.56. The van der Waals surface area contributed by atoms with Gasteiger partial charge >= 0.3 is 5.97 Å². The van der Waals surface area contributed by atoms with Gasteiger partial charge in [0.1, 0.15) is 0 Å². The molecule has 2 N–H and O–H groups in total. The van der Waals surface area contributed by atoms with Crippen LogP contribution >= 0.6 is 23.2 Å². The molecule has 38 heavy (non-hydrogen) atoms. The van der Waals surface area contributed by atoms with E-state index in [4.69, 9.17) is 23.2 Å². The van der Waals surface area contributed by atoms with Crippen molar-refractivity contribution < 1.29 is 23.1 Å². The highest BCUT2D eigenvalue weighted by molar-refractivity contribution is 7.91. The third-order valence-corrected chi connectivity index (χ3v) is 11.5. The molecular weight excluding hydrogens is 547 g/mol. The van der Waals surface area contributed by atoms with Gasteiger partial charge in [-0.25, -0.2) is 13.1 Å². The van der Waals surface area contributed by atoms with Crippen LogP contribution in [0.5, 0.6) is 0 Å². The lowest BCUT2D eigenvalue weighted by Gasteiger charge is -2.49. The first kappa shape index (κ1) is 27.4. The van der Waals surface area contributed by atoms with E-state index < -0.39 is 44.2 Å². The molecule has 1 amide bonds. The van der Waals surface area contributed by atoms with Crippen LogP contribution in [0.15, 0.2) is 48.5 Å². The topological polar surface area (TPSA) is 104 Å². The number of carboxylic acids is 1. The Morgan fingerprint density at radius 2 is 1.79 bits per heavy atom. The molecule has 5 atom stereocenters. The van der Waals surface area contributed by atoms with Crippen LogP contribution in [0.4, 0.5) is 0 Å². The number of aliphatic carboxylic acids is 1. The molecule has 2 aromatic carbocycles. The molecule has 3 aliphatic rings. The SMILES string of the molecule is CC[C@@H](CNS(=O)(=O)C1(C)CC1)N1C(=O)[C@]2(CC2C(=O)O)C[C@H](c2cccc(Cl)c2)[C@H]1c1ccc(Cl)cc1. The number of benzene rings is 2. The fraction of sp³-hybridized carbons (Fsp3) is 0.500. The molecule has 1 heterocycles. The standard InChI is InChI=1S/C28H32Cl2N2O5S/c1-3-21(16-31-38(36,37)27(2)11-12-27)32-24(17-7-9-19(29)10-8-17)22(18-5-4-6-20(30)13-18)14-28(26(32)35)15-23(28)25(33)34/h4-10,13,21-24,31H,3,11-12,14-16H2,1-2H3,(H,33,34)/t21-,22+,23?,24+,28-/m0/s1. The smallest absolute Gasteiger partial charge is 0.307 e. The van der Waals surface area contributed by atoms with E-state index in [0.717, 1.165) is 11.1 Å². The number of hydrogen-bond donors (Lipinski definition) is 2. The van der Waals surface area contributed by atoms with Crippen molar-refractivity contribution in [3.05, 3.63) is 69.7 Å². The third kappa shape index (κ3) is 4.74. The first-order valence-electron chi connectivity index (χ1n) is 13.0. The fourth-order valence-electron chi connectivity index (χ4n) is 6.01. The number of sulfonamides is 1. The summed E-state index contributed by atoms with van der Waals surface area (Å²) in [6.45, 7) is 3.70. The number of hydrogen-bond acceptors (Lipinski definition) is 4. The van der Waals surface area contributed by atoms with Gasteiger partial charge in [-0.3, -0.25) is 9.59 Å². The summed E-state index contributed by atoms with van der Waals surface area (Å²) in [5.74, 6) is -2.23. The molecule has 204 valence electrons. The maximum atomic E-state index is 14.3. The molecule has 1 saturated heterocycles. The molecule has 0 bridgehead atoms. The van der Waals surface area contributed by atoms with Gasteiger partial charge < -0.3 is 10.0 Å². The van der Waals surface area contributed by atoms with Crippen LogP contribution in [0, 0.1) is 11.3 Å². The molecular formula is C28H32Cl2N2O5S. The summed E-state index contributed by atoms with van der Waals surface area (Å²) >= 11 is 12.6. The summed E-state index contributed by atoms with van der Waals surface area (Å²) in [5, 5.41) is 11.0. The largest absolute Gasteiger partial charge is 0.481 e. The molecule has 10 heteroatoms. The maximum Gasteiger partial charge on any atom is 0.307 e. The van der Waals surface area contributed by atoms with Gasteiger partial charge in [-0.1, -0.05) is 54.4 Å². The Bertz CT molecular complexity index is 1360. The molecule has 1 aliphatic heterocycles. The normalized spacial score (nSPS) is 28.8. The van der Waals surface area contributed by atoms with Gasteiger partial charge in [0.2, 0.25) is 15.9 Å². The summed E-state index contributed by atoms with van der Waals surface area (Å²) in [5.41, 5.74) is 0.730. The first-order valence-corrected chi connectivity index (χ1v) is 15.2. The van der Waals surface area contributed by atoms with Gasteiger partial charge in [0.05, 0.1) is 22.1 Å². The lowest BCUT2D eigenvalue weighted by Crippen LogP contribution is -2.56. The predicted octanol–water partition coefficient (Wildman–Crippen LogP) is 5.39. The first-order chi connectivity index (χ1) is 17.9. The Morgan fingerprint density at radius 1 is 1.11 bits per heavy atom. The average Bonchev–Trinajstić information content (AvgIpc) is 3.79. The Hall–Kier alpha value is -2.13. The summed E-state index contributed by atoms with van der Waals surface area (Å²) in [7, 11) is -3.56. The van der Waals surface area contributed by atoms with Crippen molar-refractivity contribution in [2.45, 2.75) is 68.7 Å². The van der Waals surface area contributed by atoms with Crippen LogP contribution < -0.4 is 4.72 Å². The predicted molar refractivity (Wildman–Crippen MR) is 147 cm³/mol. The number of carboxylic acid groups (broad SMARTS) is 1. The van der Waals surface area contributed by atoms with Gasteiger partial charge in [0, 0.05) is 28.5 Å². The third-order valence-electron chi connectivity index (χ3n) is 8.76. The van der Waals surface area contributed by atoms with Crippen LogP contribution in [0.1, 0.15) is 69.0 Å². The van der Waals surface area contributed by atoms with Gasteiger partial charge in [-0.15, -0.1) is 0 Å². The minimum Gasteiger partial charge on any atom is -0.481 e. The summed E-state index contributed by atoms with van der Waals surface area (Å²) < 4.78 is 27.9. The molecule has 1 spiro atoms. The van der Waals surface area contributed by atoms with Gasteiger partial charge in [0.25, 0.3) is 0 Å². The van der Waals surface area contributed by atoms with E-state index in [1.807, 2.05) is 37.3 Å². The average molecular weight is 580 g/mol. The number of carbonyl (C=O) groups excluding carboxylic acids is 1. The van der Waals surface area contributed by atoms with Crippen molar-refractivity contribution in [3.8, 4) is 0 Å². The number of rotatable bonds is 9. The van der Waals surface area contributed by atoms with E-state index in [2.05, 4.69) is 4.72 Å². The van der Waals surface area contributed by atoms with Crippen LogP contribution in [0.2, 0.25) is 10.0 Å². The maximum absolute atomic E-state index is 14.3. The molecule has 5 rings (SSSR count). The zero-order chi connectivity index (χ0) is 27.5. The van der Waals surface area contributed by atoms with Crippen LogP contribution in [0.3, 0.4) is 0 Å². The van der Waals surface area contributed by atoms with Crippen molar-refractivity contribution >= 4 is 45.1 Å². The Morgan fingerprint density at radius 3 is 2.34 bits per heavy atom. The van der Waals surface area contributed by atoms with Crippen molar-refractivity contribution in [1.82, 2.24) is 9.62 Å². The molecule has 3 fully saturated rings. The lowest BCUT2D eigenvalue weighted by atomic mass is 9.72.